The van der Waals surface area contributed by atoms with Crippen LogP contribution in [0.5, 0.6) is 0 Å². The van der Waals surface area contributed by atoms with E-state index in [0.717, 1.165) is 43.9 Å². The molecule has 0 unspecified atom stereocenters. The van der Waals surface area contributed by atoms with Crippen LogP contribution in [0.3, 0.4) is 0 Å². The van der Waals surface area contributed by atoms with Crippen LogP contribution in [0.2, 0.25) is 0 Å². The van der Waals surface area contributed by atoms with Gasteiger partial charge in [0.25, 0.3) is 5.91 Å². The molecule has 1 aliphatic heterocycles. The van der Waals surface area contributed by atoms with Gasteiger partial charge in [-0.05, 0) is 37.3 Å². The van der Waals surface area contributed by atoms with E-state index in [1.807, 2.05) is 31.1 Å². The van der Waals surface area contributed by atoms with Crippen LogP contribution >= 0.6 is 0 Å². The molecular formula is C16H22N6O. The largest absolute Gasteiger partial charge is 0.372 e. The molecular weight excluding hydrogens is 292 g/mol. The minimum atomic E-state index is 0.0689. The van der Waals surface area contributed by atoms with E-state index in [9.17, 15) is 4.79 Å². The molecule has 1 amide bonds. The second-order valence-electron chi connectivity index (χ2n) is 6.03. The van der Waals surface area contributed by atoms with E-state index in [4.69, 9.17) is 0 Å². The van der Waals surface area contributed by atoms with Crippen LogP contribution in [0.25, 0.3) is 0 Å². The van der Waals surface area contributed by atoms with Crippen LogP contribution in [-0.4, -0.2) is 50.9 Å². The van der Waals surface area contributed by atoms with Crippen molar-refractivity contribution < 1.29 is 4.79 Å². The quantitative estimate of drug-likeness (QED) is 0.922. The predicted molar refractivity (Wildman–Crippen MR) is 87.1 cm³/mol. The van der Waals surface area contributed by atoms with E-state index in [0.29, 0.717) is 11.5 Å². The summed E-state index contributed by atoms with van der Waals surface area (Å²) in [5.41, 5.74) is 1.64. The van der Waals surface area contributed by atoms with Crippen molar-refractivity contribution >= 4 is 11.7 Å². The third kappa shape index (κ3) is 3.67. The summed E-state index contributed by atoms with van der Waals surface area (Å²) in [6, 6.07) is 3.93. The van der Waals surface area contributed by atoms with Crippen molar-refractivity contribution in [3.63, 3.8) is 0 Å². The molecule has 0 bridgehead atoms. The van der Waals surface area contributed by atoms with Crippen LogP contribution in [0.4, 0.5) is 5.82 Å². The summed E-state index contributed by atoms with van der Waals surface area (Å²) < 4.78 is 1.66. The molecule has 7 nitrogen and oxygen atoms in total. The van der Waals surface area contributed by atoms with Crippen molar-refractivity contribution in [3.8, 4) is 0 Å². The monoisotopic (exact) mass is 314 g/mol. The van der Waals surface area contributed by atoms with Gasteiger partial charge in [0.05, 0.1) is 17.5 Å². The molecule has 1 saturated heterocycles. The minimum Gasteiger partial charge on any atom is -0.372 e. The van der Waals surface area contributed by atoms with E-state index in [1.165, 1.54) is 0 Å². The Morgan fingerprint density at radius 1 is 1.39 bits per heavy atom. The van der Waals surface area contributed by atoms with Crippen molar-refractivity contribution in [2.24, 2.45) is 13.0 Å². The van der Waals surface area contributed by atoms with Gasteiger partial charge in [0, 0.05) is 33.4 Å². The molecule has 2 aromatic rings. The topological polar surface area (TPSA) is 75.9 Å². The van der Waals surface area contributed by atoms with Gasteiger partial charge in [-0.25, -0.2) is 0 Å². The molecule has 1 aliphatic rings. The van der Waals surface area contributed by atoms with Crippen LogP contribution in [-0.2, 0) is 13.5 Å². The fourth-order valence-corrected chi connectivity index (χ4v) is 3.03. The molecule has 0 saturated carbocycles. The minimum absolute atomic E-state index is 0.0689. The summed E-state index contributed by atoms with van der Waals surface area (Å²) in [6.07, 6.45) is 6.40. The molecule has 0 aromatic carbocycles. The first kappa shape index (κ1) is 15.5. The Hall–Kier alpha value is -2.44. The number of aromatic nitrogens is 4. The van der Waals surface area contributed by atoms with Gasteiger partial charge in [-0.15, -0.1) is 5.10 Å². The molecule has 1 atom stereocenters. The van der Waals surface area contributed by atoms with Crippen molar-refractivity contribution in [2.45, 2.75) is 19.3 Å². The van der Waals surface area contributed by atoms with Crippen LogP contribution in [0.15, 0.2) is 24.5 Å². The number of piperidine rings is 1. The summed E-state index contributed by atoms with van der Waals surface area (Å²) in [6.45, 7) is 1.58. The third-order valence-electron chi connectivity index (χ3n) is 4.23. The molecule has 0 spiro atoms. The van der Waals surface area contributed by atoms with Crippen LogP contribution in [0, 0.1) is 5.92 Å². The van der Waals surface area contributed by atoms with Gasteiger partial charge >= 0.3 is 0 Å². The normalized spacial score (nSPS) is 18.0. The summed E-state index contributed by atoms with van der Waals surface area (Å²) in [5.74, 6) is 1.27. The van der Waals surface area contributed by atoms with Crippen LogP contribution < -0.4 is 5.32 Å². The first-order valence-electron chi connectivity index (χ1n) is 7.94. The molecule has 0 radical (unpaired) electrons. The number of aryl methyl sites for hydroxylation is 1. The van der Waals surface area contributed by atoms with E-state index in [1.54, 1.807) is 17.1 Å². The summed E-state index contributed by atoms with van der Waals surface area (Å²) in [4.78, 5) is 14.5. The maximum absolute atomic E-state index is 12.5. The average molecular weight is 314 g/mol. The molecule has 7 heteroatoms. The Morgan fingerprint density at radius 3 is 2.91 bits per heavy atom. The van der Waals surface area contributed by atoms with Gasteiger partial charge in [-0.3, -0.25) is 9.48 Å². The number of carbonyl (C=O) groups excluding carboxylic acids is 1. The van der Waals surface area contributed by atoms with Gasteiger partial charge in [-0.2, -0.15) is 10.2 Å². The number of amides is 1. The number of likely N-dealkylation sites (tertiary alicyclic amines) is 1. The second kappa shape index (κ2) is 6.76. The number of hydrogen-bond acceptors (Lipinski definition) is 5. The van der Waals surface area contributed by atoms with Crippen molar-refractivity contribution in [1.29, 1.82) is 0 Å². The zero-order valence-corrected chi connectivity index (χ0v) is 13.6. The molecule has 3 rings (SSSR count). The first-order valence-corrected chi connectivity index (χ1v) is 7.94. The highest BCUT2D eigenvalue weighted by Gasteiger charge is 2.25. The number of hydrogen-bond donors (Lipinski definition) is 1. The van der Waals surface area contributed by atoms with E-state index in [2.05, 4.69) is 20.6 Å². The lowest BCUT2D eigenvalue weighted by Gasteiger charge is -2.32. The highest BCUT2D eigenvalue weighted by atomic mass is 16.2. The smallest absolute Gasteiger partial charge is 0.257 e. The van der Waals surface area contributed by atoms with E-state index >= 15 is 0 Å². The Labute approximate surface area is 135 Å². The average Bonchev–Trinajstić information content (AvgIpc) is 3.01. The Balaban J connectivity index is 1.62. The predicted octanol–water partition coefficient (Wildman–Crippen LogP) is 1.35. The van der Waals surface area contributed by atoms with Gasteiger partial charge in [-0.1, -0.05) is 0 Å². The lowest BCUT2D eigenvalue weighted by atomic mass is 9.93. The summed E-state index contributed by atoms with van der Waals surface area (Å²) >= 11 is 0. The number of anilines is 1. The number of nitrogens with zero attached hydrogens (tertiary/aromatic N) is 5. The SMILES string of the molecule is CNc1ccc(C[C@@H]2CCCN(C(=O)c3cnn(C)c3)C2)nn1. The van der Waals surface area contributed by atoms with Gasteiger partial charge in [0.1, 0.15) is 5.82 Å². The summed E-state index contributed by atoms with van der Waals surface area (Å²) in [7, 11) is 3.65. The zero-order chi connectivity index (χ0) is 16.2. The molecule has 3 heterocycles. The Kier molecular flexibility index (Phi) is 4.55. The maximum Gasteiger partial charge on any atom is 0.257 e. The zero-order valence-electron chi connectivity index (χ0n) is 13.6. The van der Waals surface area contributed by atoms with Crippen molar-refractivity contribution in [3.05, 3.63) is 35.8 Å². The number of carbonyl (C=O) groups is 1. The van der Waals surface area contributed by atoms with Gasteiger partial charge < -0.3 is 10.2 Å². The van der Waals surface area contributed by atoms with E-state index < -0.39 is 0 Å². The van der Waals surface area contributed by atoms with Crippen molar-refractivity contribution in [1.82, 2.24) is 24.9 Å². The molecule has 1 fully saturated rings. The Bertz CT molecular complexity index is 665. The van der Waals surface area contributed by atoms with Gasteiger partial charge in [0.2, 0.25) is 0 Å². The fourth-order valence-electron chi connectivity index (χ4n) is 3.03. The maximum atomic E-state index is 12.5. The fraction of sp³-hybridized carbons (Fsp3) is 0.500. The van der Waals surface area contributed by atoms with Crippen LogP contribution in [0.1, 0.15) is 28.9 Å². The molecule has 23 heavy (non-hydrogen) atoms. The highest BCUT2D eigenvalue weighted by Crippen LogP contribution is 2.21. The molecule has 1 N–H and O–H groups in total. The number of nitrogens with one attached hydrogen (secondary N) is 1. The van der Waals surface area contributed by atoms with Gasteiger partial charge in [0.15, 0.2) is 0 Å². The second-order valence-corrected chi connectivity index (χ2v) is 6.03. The van der Waals surface area contributed by atoms with E-state index in [-0.39, 0.29) is 5.91 Å². The first-order chi connectivity index (χ1) is 11.2. The lowest BCUT2D eigenvalue weighted by molar-refractivity contribution is 0.0672. The molecule has 2 aromatic heterocycles. The molecule has 0 aliphatic carbocycles. The summed E-state index contributed by atoms with van der Waals surface area (Å²) in [5, 5.41) is 15.4. The number of rotatable bonds is 4. The lowest BCUT2D eigenvalue weighted by Crippen LogP contribution is -2.40. The standard InChI is InChI=1S/C16H22N6O/c1-17-15-6-5-14(19-20-15)8-12-4-3-7-22(10-12)16(23)13-9-18-21(2)11-13/h5-6,9,11-12H,3-4,7-8,10H2,1-2H3,(H,17,20)/t12-/m0/s1. The van der Waals surface area contributed by atoms with Crippen molar-refractivity contribution in [2.75, 3.05) is 25.5 Å². The Morgan fingerprint density at radius 2 is 2.26 bits per heavy atom. The third-order valence-corrected chi connectivity index (χ3v) is 4.23. The molecule has 122 valence electrons. The highest BCUT2D eigenvalue weighted by molar-refractivity contribution is 5.93.